The third-order valence-corrected chi connectivity index (χ3v) is 4.07. The highest BCUT2D eigenvalue weighted by Gasteiger charge is 2.16. The monoisotopic (exact) mass is 355 g/mol. The summed E-state index contributed by atoms with van der Waals surface area (Å²) in [6.07, 6.45) is 2.09. The Labute approximate surface area is 150 Å². The van der Waals surface area contributed by atoms with Gasteiger partial charge in [0.05, 0.1) is 23.3 Å². The van der Waals surface area contributed by atoms with Crippen LogP contribution in [-0.4, -0.2) is 25.3 Å². The zero-order chi connectivity index (χ0) is 18.4. The van der Waals surface area contributed by atoms with E-state index in [4.69, 9.17) is 19.5 Å². The molecule has 0 aromatic heterocycles. The van der Waals surface area contributed by atoms with Gasteiger partial charge in [0.15, 0.2) is 0 Å². The van der Waals surface area contributed by atoms with Crippen molar-refractivity contribution in [1.82, 2.24) is 0 Å². The highest BCUT2D eigenvalue weighted by molar-refractivity contribution is 5.89. The van der Waals surface area contributed by atoms with Gasteiger partial charge in [-0.2, -0.15) is 5.26 Å². The van der Waals surface area contributed by atoms with E-state index in [-0.39, 0.29) is 23.8 Å². The van der Waals surface area contributed by atoms with Gasteiger partial charge < -0.3 is 14.2 Å². The maximum absolute atomic E-state index is 13.8. The molecule has 0 amide bonds. The van der Waals surface area contributed by atoms with Crippen LogP contribution in [0.4, 0.5) is 4.39 Å². The molecule has 0 aliphatic carbocycles. The van der Waals surface area contributed by atoms with Gasteiger partial charge in [-0.3, -0.25) is 0 Å². The first-order valence-corrected chi connectivity index (χ1v) is 8.36. The molecule has 1 aliphatic heterocycles. The first-order valence-electron chi connectivity index (χ1n) is 8.36. The molecule has 1 fully saturated rings. The normalized spacial score (nSPS) is 16.1. The molecule has 0 spiro atoms. The fourth-order valence-electron chi connectivity index (χ4n) is 2.64. The number of carbonyl (C=O) groups excluding carboxylic acids is 1. The van der Waals surface area contributed by atoms with E-state index < -0.39 is 11.8 Å². The standard InChI is InChI=1S/C20H18FNO4/c21-19-9-14(11-22)6-7-16(19)12-26-20(23)15-3-1-4-17(10-15)25-13-18-5-2-8-24-18/h1,3-4,6-7,9-10,18H,2,5,8,12-13H2/t18-/m0/s1. The quantitative estimate of drug-likeness (QED) is 0.741. The molecule has 26 heavy (non-hydrogen) atoms. The Hall–Kier alpha value is -2.91. The first-order chi connectivity index (χ1) is 12.7. The summed E-state index contributed by atoms with van der Waals surface area (Å²) in [5.74, 6) is -0.596. The SMILES string of the molecule is N#Cc1ccc(COC(=O)c2cccc(OC[C@@H]3CCCO3)c2)c(F)c1. The Morgan fingerprint density at radius 3 is 2.92 bits per heavy atom. The van der Waals surface area contributed by atoms with E-state index in [1.807, 2.05) is 6.07 Å². The van der Waals surface area contributed by atoms with E-state index in [1.54, 1.807) is 24.3 Å². The number of halogens is 1. The molecule has 0 radical (unpaired) electrons. The Balaban J connectivity index is 1.57. The lowest BCUT2D eigenvalue weighted by atomic mass is 10.1. The van der Waals surface area contributed by atoms with Gasteiger partial charge in [-0.25, -0.2) is 9.18 Å². The molecular formula is C20H18FNO4. The number of esters is 1. The summed E-state index contributed by atoms with van der Waals surface area (Å²) in [7, 11) is 0. The van der Waals surface area contributed by atoms with Crippen LogP contribution >= 0.6 is 0 Å². The summed E-state index contributed by atoms with van der Waals surface area (Å²) in [4.78, 5) is 12.2. The smallest absolute Gasteiger partial charge is 0.338 e. The maximum atomic E-state index is 13.8. The lowest BCUT2D eigenvalue weighted by molar-refractivity contribution is 0.0467. The number of carbonyl (C=O) groups is 1. The average molecular weight is 355 g/mol. The van der Waals surface area contributed by atoms with Crippen LogP contribution < -0.4 is 4.74 Å². The van der Waals surface area contributed by atoms with Gasteiger partial charge in [0.25, 0.3) is 0 Å². The van der Waals surface area contributed by atoms with E-state index in [9.17, 15) is 9.18 Å². The lowest BCUT2D eigenvalue weighted by Crippen LogP contribution is -2.16. The first kappa shape index (κ1) is 17.9. The van der Waals surface area contributed by atoms with Crippen molar-refractivity contribution in [2.24, 2.45) is 0 Å². The van der Waals surface area contributed by atoms with E-state index in [1.165, 1.54) is 12.1 Å². The maximum Gasteiger partial charge on any atom is 0.338 e. The zero-order valence-electron chi connectivity index (χ0n) is 14.1. The fourth-order valence-corrected chi connectivity index (χ4v) is 2.64. The summed E-state index contributed by atoms with van der Waals surface area (Å²) in [5.41, 5.74) is 0.751. The molecule has 5 nitrogen and oxygen atoms in total. The number of ether oxygens (including phenoxy) is 3. The van der Waals surface area contributed by atoms with E-state index in [0.717, 1.165) is 25.5 Å². The second kappa shape index (κ2) is 8.45. The summed E-state index contributed by atoms with van der Waals surface area (Å²) in [6, 6.07) is 12.5. The van der Waals surface area contributed by atoms with Crippen molar-refractivity contribution in [2.75, 3.05) is 13.2 Å². The van der Waals surface area contributed by atoms with Crippen molar-refractivity contribution >= 4 is 5.97 Å². The molecule has 1 atom stereocenters. The van der Waals surface area contributed by atoms with Crippen LogP contribution in [0.3, 0.4) is 0 Å². The van der Waals surface area contributed by atoms with Gasteiger partial charge in [-0.05, 0) is 43.2 Å². The summed E-state index contributed by atoms with van der Waals surface area (Å²) in [5, 5.41) is 8.74. The lowest BCUT2D eigenvalue weighted by Gasteiger charge is -2.12. The molecule has 1 heterocycles. The number of nitrogens with zero attached hydrogens (tertiary/aromatic N) is 1. The predicted molar refractivity (Wildman–Crippen MR) is 91.1 cm³/mol. The van der Waals surface area contributed by atoms with Gasteiger partial charge in [-0.1, -0.05) is 12.1 Å². The van der Waals surface area contributed by atoms with Gasteiger partial charge in [0.1, 0.15) is 24.8 Å². The van der Waals surface area contributed by atoms with Crippen LogP contribution in [0.15, 0.2) is 42.5 Å². The Morgan fingerprint density at radius 2 is 2.19 bits per heavy atom. The van der Waals surface area contributed by atoms with Crippen molar-refractivity contribution in [3.8, 4) is 11.8 Å². The minimum absolute atomic E-state index is 0.0879. The van der Waals surface area contributed by atoms with E-state index in [2.05, 4.69) is 0 Å². The molecule has 0 N–H and O–H groups in total. The van der Waals surface area contributed by atoms with Crippen LogP contribution in [0.5, 0.6) is 5.75 Å². The molecule has 1 saturated heterocycles. The Kier molecular flexibility index (Phi) is 5.82. The van der Waals surface area contributed by atoms with Crippen molar-refractivity contribution < 1.29 is 23.4 Å². The second-order valence-electron chi connectivity index (χ2n) is 5.97. The van der Waals surface area contributed by atoms with Gasteiger partial charge >= 0.3 is 5.97 Å². The summed E-state index contributed by atoms with van der Waals surface area (Å²) >= 11 is 0. The molecule has 0 bridgehead atoms. The second-order valence-corrected chi connectivity index (χ2v) is 5.97. The molecule has 2 aromatic carbocycles. The number of hydrogen-bond donors (Lipinski definition) is 0. The van der Waals surface area contributed by atoms with Crippen molar-refractivity contribution in [3.05, 3.63) is 65.0 Å². The number of nitriles is 1. The molecule has 134 valence electrons. The van der Waals surface area contributed by atoms with Crippen molar-refractivity contribution in [3.63, 3.8) is 0 Å². The van der Waals surface area contributed by atoms with Crippen molar-refractivity contribution in [1.29, 1.82) is 5.26 Å². The molecule has 3 rings (SSSR count). The number of rotatable bonds is 6. The molecule has 2 aromatic rings. The number of benzene rings is 2. The van der Waals surface area contributed by atoms with Gasteiger partial charge in [0, 0.05) is 12.2 Å². The predicted octanol–water partition coefficient (Wildman–Crippen LogP) is 3.61. The molecule has 1 aliphatic rings. The Bertz CT molecular complexity index is 825. The highest BCUT2D eigenvalue weighted by atomic mass is 19.1. The van der Waals surface area contributed by atoms with Crippen LogP contribution in [0.25, 0.3) is 0 Å². The largest absolute Gasteiger partial charge is 0.491 e. The van der Waals surface area contributed by atoms with E-state index in [0.29, 0.717) is 17.9 Å². The average Bonchev–Trinajstić information content (AvgIpc) is 3.19. The van der Waals surface area contributed by atoms with Crippen LogP contribution in [-0.2, 0) is 16.1 Å². The van der Waals surface area contributed by atoms with Crippen LogP contribution in [0, 0.1) is 17.1 Å². The van der Waals surface area contributed by atoms with Crippen LogP contribution in [0.2, 0.25) is 0 Å². The van der Waals surface area contributed by atoms with Crippen molar-refractivity contribution in [2.45, 2.75) is 25.6 Å². The molecule has 6 heteroatoms. The summed E-state index contributed by atoms with van der Waals surface area (Å²) in [6.45, 7) is 0.985. The van der Waals surface area contributed by atoms with Crippen LogP contribution in [0.1, 0.15) is 34.3 Å². The molecular weight excluding hydrogens is 337 g/mol. The molecule has 0 saturated carbocycles. The summed E-state index contributed by atoms with van der Waals surface area (Å²) < 4.78 is 30.1. The minimum Gasteiger partial charge on any atom is -0.491 e. The third-order valence-electron chi connectivity index (χ3n) is 4.07. The van der Waals surface area contributed by atoms with E-state index >= 15 is 0 Å². The zero-order valence-corrected chi connectivity index (χ0v) is 14.1. The van der Waals surface area contributed by atoms with Gasteiger partial charge in [0.2, 0.25) is 0 Å². The fraction of sp³-hybridized carbons (Fsp3) is 0.300. The number of hydrogen-bond acceptors (Lipinski definition) is 5. The molecule has 0 unspecified atom stereocenters. The van der Waals surface area contributed by atoms with Gasteiger partial charge in [-0.15, -0.1) is 0 Å². The highest BCUT2D eigenvalue weighted by Crippen LogP contribution is 2.18. The third kappa shape index (κ3) is 4.58. The minimum atomic E-state index is -0.578. The topological polar surface area (TPSA) is 68.5 Å². The Morgan fingerprint density at radius 1 is 1.31 bits per heavy atom.